The second-order valence-corrected chi connectivity index (χ2v) is 6.64. The van der Waals surface area contributed by atoms with E-state index in [1.54, 1.807) is 11.3 Å². The first-order valence-electron chi connectivity index (χ1n) is 5.86. The molecule has 2 heterocycles. The quantitative estimate of drug-likeness (QED) is 0.467. The van der Waals surface area contributed by atoms with Crippen molar-refractivity contribution in [2.75, 3.05) is 5.75 Å². The summed E-state index contributed by atoms with van der Waals surface area (Å²) in [7, 11) is 0. The number of hydrogen-bond donors (Lipinski definition) is 0. The van der Waals surface area contributed by atoms with Gasteiger partial charge in [-0.05, 0) is 41.8 Å². The Morgan fingerprint density at radius 3 is 3.00 bits per heavy atom. The van der Waals surface area contributed by atoms with E-state index in [2.05, 4.69) is 21.4 Å². The highest BCUT2D eigenvalue weighted by Crippen LogP contribution is 2.34. The molecular formula is C12H13ClN2S2. The SMILES string of the molecule is Clc1nc(SCC2CCCC2)c2ccsc2n1. The van der Waals surface area contributed by atoms with Gasteiger partial charge in [0.2, 0.25) is 5.28 Å². The van der Waals surface area contributed by atoms with Crippen LogP contribution < -0.4 is 0 Å². The fourth-order valence-corrected chi connectivity index (χ4v) is 4.58. The summed E-state index contributed by atoms with van der Waals surface area (Å²) in [6.45, 7) is 0. The number of nitrogens with zero attached hydrogens (tertiary/aromatic N) is 2. The molecule has 1 fully saturated rings. The largest absolute Gasteiger partial charge is 0.224 e. The van der Waals surface area contributed by atoms with Gasteiger partial charge in [-0.1, -0.05) is 12.8 Å². The minimum Gasteiger partial charge on any atom is -0.211 e. The van der Waals surface area contributed by atoms with E-state index in [9.17, 15) is 0 Å². The normalized spacial score (nSPS) is 17.0. The maximum absolute atomic E-state index is 5.95. The average Bonchev–Trinajstić information content (AvgIpc) is 2.95. The minimum absolute atomic E-state index is 0.369. The number of fused-ring (bicyclic) bond motifs is 1. The van der Waals surface area contributed by atoms with Gasteiger partial charge >= 0.3 is 0 Å². The fourth-order valence-electron chi connectivity index (χ4n) is 2.29. The van der Waals surface area contributed by atoms with E-state index in [1.165, 1.54) is 25.7 Å². The average molecular weight is 285 g/mol. The van der Waals surface area contributed by atoms with Gasteiger partial charge in [-0.25, -0.2) is 9.97 Å². The lowest BCUT2D eigenvalue weighted by atomic mass is 10.1. The van der Waals surface area contributed by atoms with E-state index in [4.69, 9.17) is 11.6 Å². The first kappa shape index (κ1) is 11.8. The Kier molecular flexibility index (Phi) is 3.54. The molecule has 2 aromatic rings. The molecule has 5 heteroatoms. The Labute approximate surface area is 114 Å². The van der Waals surface area contributed by atoms with Crippen molar-refractivity contribution in [2.45, 2.75) is 30.7 Å². The second kappa shape index (κ2) is 5.12. The highest BCUT2D eigenvalue weighted by Gasteiger charge is 2.16. The van der Waals surface area contributed by atoms with Crippen LogP contribution >= 0.6 is 34.7 Å². The highest BCUT2D eigenvalue weighted by atomic mass is 35.5. The van der Waals surface area contributed by atoms with Crippen molar-refractivity contribution in [3.05, 3.63) is 16.7 Å². The third kappa shape index (κ3) is 2.59. The van der Waals surface area contributed by atoms with Crippen LogP contribution in [0.5, 0.6) is 0 Å². The standard InChI is InChI=1S/C12H13ClN2S2/c13-12-14-10-9(5-6-16-10)11(15-12)17-7-8-3-1-2-4-8/h5-6,8H,1-4,7H2. The molecule has 1 saturated carbocycles. The van der Waals surface area contributed by atoms with Crippen LogP contribution in [0.25, 0.3) is 10.2 Å². The van der Waals surface area contributed by atoms with Gasteiger partial charge in [0.05, 0.1) is 0 Å². The molecule has 0 unspecified atom stereocenters. The zero-order valence-electron chi connectivity index (χ0n) is 9.36. The van der Waals surface area contributed by atoms with Gasteiger partial charge in [0.25, 0.3) is 0 Å². The predicted octanol–water partition coefficient (Wildman–Crippen LogP) is 4.63. The summed E-state index contributed by atoms with van der Waals surface area (Å²) in [5, 5.41) is 4.62. The molecule has 0 spiro atoms. The molecule has 0 aliphatic heterocycles. The molecular weight excluding hydrogens is 272 g/mol. The lowest BCUT2D eigenvalue weighted by Gasteiger charge is -2.08. The second-order valence-electron chi connectivity index (χ2n) is 4.40. The summed E-state index contributed by atoms with van der Waals surface area (Å²) in [5.74, 6) is 2.03. The molecule has 1 aliphatic rings. The molecule has 3 rings (SSSR count). The van der Waals surface area contributed by atoms with Crippen LogP contribution in [-0.4, -0.2) is 15.7 Å². The fraction of sp³-hybridized carbons (Fsp3) is 0.500. The molecule has 0 atom stereocenters. The molecule has 90 valence electrons. The Balaban J connectivity index is 1.81. The van der Waals surface area contributed by atoms with Gasteiger partial charge in [0.15, 0.2) is 0 Å². The molecule has 1 aliphatic carbocycles. The van der Waals surface area contributed by atoms with Crippen LogP contribution in [0.4, 0.5) is 0 Å². The number of thiophene rings is 1. The third-order valence-corrected chi connectivity index (χ3v) is 5.39. The summed E-state index contributed by atoms with van der Waals surface area (Å²) in [6.07, 6.45) is 5.53. The topological polar surface area (TPSA) is 25.8 Å². The Hall–Kier alpha value is -0.320. The van der Waals surface area contributed by atoms with Crippen molar-refractivity contribution in [3.63, 3.8) is 0 Å². The van der Waals surface area contributed by atoms with E-state index in [-0.39, 0.29) is 0 Å². The maximum Gasteiger partial charge on any atom is 0.224 e. The van der Waals surface area contributed by atoms with Crippen molar-refractivity contribution in [1.29, 1.82) is 0 Å². The van der Waals surface area contributed by atoms with Crippen molar-refractivity contribution in [2.24, 2.45) is 5.92 Å². The van der Waals surface area contributed by atoms with Gasteiger partial charge in [-0.3, -0.25) is 0 Å². The van der Waals surface area contributed by atoms with E-state index in [1.807, 2.05) is 11.8 Å². The van der Waals surface area contributed by atoms with Gasteiger partial charge in [-0.15, -0.1) is 23.1 Å². The minimum atomic E-state index is 0.369. The van der Waals surface area contributed by atoms with Crippen molar-refractivity contribution >= 4 is 44.9 Å². The maximum atomic E-state index is 5.95. The molecule has 0 saturated heterocycles. The Bertz CT molecular complexity index is 520. The molecule has 17 heavy (non-hydrogen) atoms. The summed E-state index contributed by atoms with van der Waals surface area (Å²) in [4.78, 5) is 9.59. The molecule has 2 aromatic heterocycles. The van der Waals surface area contributed by atoms with Crippen LogP contribution in [0.1, 0.15) is 25.7 Å². The van der Waals surface area contributed by atoms with E-state index >= 15 is 0 Å². The van der Waals surface area contributed by atoms with Crippen LogP contribution in [-0.2, 0) is 0 Å². The zero-order chi connectivity index (χ0) is 11.7. The lowest BCUT2D eigenvalue weighted by molar-refractivity contribution is 0.623. The Morgan fingerprint density at radius 2 is 2.18 bits per heavy atom. The molecule has 0 amide bonds. The van der Waals surface area contributed by atoms with Gasteiger partial charge in [0, 0.05) is 11.1 Å². The summed E-state index contributed by atoms with van der Waals surface area (Å²) in [5.41, 5.74) is 0. The van der Waals surface area contributed by atoms with Crippen molar-refractivity contribution in [3.8, 4) is 0 Å². The lowest BCUT2D eigenvalue weighted by Crippen LogP contribution is -1.97. The molecule has 0 radical (unpaired) electrons. The zero-order valence-corrected chi connectivity index (χ0v) is 11.7. The van der Waals surface area contributed by atoms with Gasteiger partial charge in [0.1, 0.15) is 9.86 Å². The van der Waals surface area contributed by atoms with E-state index < -0.39 is 0 Å². The van der Waals surface area contributed by atoms with Crippen molar-refractivity contribution in [1.82, 2.24) is 9.97 Å². The summed E-state index contributed by atoms with van der Waals surface area (Å²) in [6, 6.07) is 2.09. The third-order valence-electron chi connectivity index (χ3n) is 3.19. The van der Waals surface area contributed by atoms with Crippen LogP contribution in [0.15, 0.2) is 16.5 Å². The van der Waals surface area contributed by atoms with Crippen molar-refractivity contribution < 1.29 is 0 Å². The molecule has 0 bridgehead atoms. The van der Waals surface area contributed by atoms with Crippen LogP contribution in [0.3, 0.4) is 0 Å². The number of hydrogen-bond acceptors (Lipinski definition) is 4. The first-order valence-corrected chi connectivity index (χ1v) is 8.11. The Morgan fingerprint density at radius 1 is 1.35 bits per heavy atom. The van der Waals surface area contributed by atoms with Gasteiger partial charge in [-0.2, -0.15) is 0 Å². The van der Waals surface area contributed by atoms with E-state index in [0.717, 1.165) is 26.9 Å². The number of aromatic nitrogens is 2. The first-order chi connectivity index (χ1) is 8.33. The number of halogens is 1. The molecule has 0 aromatic carbocycles. The van der Waals surface area contributed by atoms with Crippen LogP contribution in [0, 0.1) is 5.92 Å². The molecule has 2 nitrogen and oxygen atoms in total. The van der Waals surface area contributed by atoms with Gasteiger partial charge < -0.3 is 0 Å². The summed E-state index contributed by atoms with van der Waals surface area (Å²) < 4.78 is 0. The van der Waals surface area contributed by atoms with E-state index in [0.29, 0.717) is 5.28 Å². The number of thioether (sulfide) groups is 1. The summed E-state index contributed by atoms with van der Waals surface area (Å²) >= 11 is 9.41. The number of rotatable bonds is 3. The smallest absolute Gasteiger partial charge is 0.211 e. The molecule has 0 N–H and O–H groups in total. The monoisotopic (exact) mass is 284 g/mol. The highest BCUT2D eigenvalue weighted by molar-refractivity contribution is 7.99. The van der Waals surface area contributed by atoms with Crippen LogP contribution in [0.2, 0.25) is 5.28 Å². The predicted molar refractivity (Wildman–Crippen MR) is 75.1 cm³/mol.